The molecule has 1 fully saturated rings. The summed E-state index contributed by atoms with van der Waals surface area (Å²) in [6.07, 6.45) is 7.16. The Balaban J connectivity index is 1.89. The van der Waals surface area contributed by atoms with E-state index >= 15 is 0 Å². The van der Waals surface area contributed by atoms with E-state index in [1.807, 2.05) is 0 Å². The maximum Gasteiger partial charge on any atom is 0.277 e. The van der Waals surface area contributed by atoms with Gasteiger partial charge in [0.2, 0.25) is 0 Å². The first-order valence-electron chi connectivity index (χ1n) is 7.42. The molecule has 1 heterocycles. The molecule has 2 atom stereocenters. The first-order chi connectivity index (χ1) is 10.2. The lowest BCUT2D eigenvalue weighted by Crippen LogP contribution is -2.16. The van der Waals surface area contributed by atoms with Gasteiger partial charge >= 0.3 is 0 Å². The minimum atomic E-state index is -0.342. The van der Waals surface area contributed by atoms with Crippen LogP contribution in [0.2, 0.25) is 0 Å². The highest BCUT2D eigenvalue weighted by atomic mass is 16.6. The van der Waals surface area contributed by atoms with Crippen LogP contribution >= 0.6 is 0 Å². The van der Waals surface area contributed by atoms with Crippen LogP contribution in [0, 0.1) is 22.0 Å². The van der Waals surface area contributed by atoms with Crippen molar-refractivity contribution in [3.63, 3.8) is 0 Å². The second kappa shape index (κ2) is 5.68. The predicted molar refractivity (Wildman–Crippen MR) is 83.4 cm³/mol. The Morgan fingerprint density at radius 1 is 1.33 bits per heavy atom. The lowest BCUT2D eigenvalue weighted by Gasteiger charge is -2.17. The molecule has 0 saturated heterocycles. The Hall–Kier alpha value is -2.17. The number of nitro groups is 1. The summed E-state index contributed by atoms with van der Waals surface area (Å²) in [7, 11) is 0. The topological polar surface area (TPSA) is 68.1 Å². The van der Waals surface area contributed by atoms with Crippen molar-refractivity contribution < 1.29 is 4.92 Å². The molecule has 0 aliphatic heterocycles. The van der Waals surface area contributed by atoms with Gasteiger partial charge in [0.05, 0.1) is 10.3 Å². The minimum Gasteiger partial charge on any atom is -0.384 e. The average molecular weight is 285 g/mol. The Morgan fingerprint density at radius 3 is 2.90 bits per heavy atom. The lowest BCUT2D eigenvalue weighted by molar-refractivity contribution is -0.383. The number of nitrogens with one attached hydrogen (secondary N) is 1. The number of nitro benzene ring substituents is 1. The third-order valence-electron chi connectivity index (χ3n) is 4.59. The number of fused-ring (bicyclic) bond motifs is 1. The first kappa shape index (κ1) is 13.8. The number of hydrogen-bond donors (Lipinski definition) is 1. The van der Waals surface area contributed by atoms with Crippen molar-refractivity contribution in [2.24, 2.45) is 11.8 Å². The molecule has 3 rings (SSSR count). The summed E-state index contributed by atoms with van der Waals surface area (Å²) in [6, 6.07) is 5.07. The van der Waals surface area contributed by atoms with E-state index < -0.39 is 0 Å². The van der Waals surface area contributed by atoms with Crippen molar-refractivity contribution >= 4 is 22.1 Å². The van der Waals surface area contributed by atoms with Crippen LogP contribution in [0.15, 0.2) is 30.6 Å². The summed E-state index contributed by atoms with van der Waals surface area (Å²) in [5.74, 6) is 1.44. The number of nitrogens with zero attached hydrogens (tertiary/aromatic N) is 2. The second-order valence-corrected chi connectivity index (χ2v) is 5.86. The van der Waals surface area contributed by atoms with Crippen LogP contribution < -0.4 is 5.32 Å². The standard InChI is InChI=1S/C16H19N3O2/c1-11-3-2-4-12(11)9-18-15-5-6-16(19(20)21)13-7-8-17-10-14(13)15/h5-8,10-12,18H,2-4,9H2,1H3. The highest BCUT2D eigenvalue weighted by molar-refractivity contribution is 5.99. The van der Waals surface area contributed by atoms with Gasteiger partial charge in [-0.05, 0) is 30.4 Å². The molecule has 1 aliphatic rings. The van der Waals surface area contributed by atoms with Gasteiger partial charge in [-0.3, -0.25) is 15.1 Å². The van der Waals surface area contributed by atoms with Crippen molar-refractivity contribution in [1.29, 1.82) is 0 Å². The molecule has 5 heteroatoms. The molecule has 1 saturated carbocycles. The van der Waals surface area contributed by atoms with Crippen molar-refractivity contribution in [3.8, 4) is 0 Å². The molecule has 1 aromatic heterocycles. The van der Waals surface area contributed by atoms with E-state index in [9.17, 15) is 10.1 Å². The zero-order valence-electron chi connectivity index (χ0n) is 12.1. The summed E-state index contributed by atoms with van der Waals surface area (Å²) in [5, 5.41) is 16.0. The fraction of sp³-hybridized carbons (Fsp3) is 0.438. The van der Waals surface area contributed by atoms with Crippen LogP contribution in [0.25, 0.3) is 10.8 Å². The molecule has 21 heavy (non-hydrogen) atoms. The van der Waals surface area contributed by atoms with Gasteiger partial charge in [-0.25, -0.2) is 0 Å². The summed E-state index contributed by atoms with van der Waals surface area (Å²) < 4.78 is 0. The fourth-order valence-electron chi connectivity index (χ4n) is 3.25. The van der Waals surface area contributed by atoms with Crippen LogP contribution in [-0.4, -0.2) is 16.5 Å². The molecule has 0 bridgehead atoms. The maximum absolute atomic E-state index is 11.1. The maximum atomic E-state index is 11.1. The van der Waals surface area contributed by atoms with Crippen molar-refractivity contribution in [3.05, 3.63) is 40.7 Å². The smallest absolute Gasteiger partial charge is 0.277 e. The van der Waals surface area contributed by atoms with Crippen LogP contribution in [0.1, 0.15) is 26.2 Å². The molecule has 0 spiro atoms. The molecule has 1 N–H and O–H groups in total. The van der Waals surface area contributed by atoms with Crippen LogP contribution in [0.3, 0.4) is 0 Å². The SMILES string of the molecule is CC1CCCC1CNc1ccc([N+](=O)[O-])c2ccncc12. The predicted octanol–water partition coefficient (Wildman–Crippen LogP) is 3.99. The van der Waals surface area contributed by atoms with Gasteiger partial charge < -0.3 is 5.32 Å². The lowest BCUT2D eigenvalue weighted by atomic mass is 9.98. The first-order valence-corrected chi connectivity index (χ1v) is 7.42. The van der Waals surface area contributed by atoms with E-state index in [0.29, 0.717) is 11.3 Å². The van der Waals surface area contributed by atoms with Gasteiger partial charge in [-0.15, -0.1) is 0 Å². The monoisotopic (exact) mass is 285 g/mol. The van der Waals surface area contributed by atoms with Crippen LogP contribution in [-0.2, 0) is 0 Å². The zero-order valence-corrected chi connectivity index (χ0v) is 12.1. The third-order valence-corrected chi connectivity index (χ3v) is 4.59. The number of rotatable bonds is 4. The van der Waals surface area contributed by atoms with E-state index in [2.05, 4.69) is 17.2 Å². The third kappa shape index (κ3) is 2.68. The van der Waals surface area contributed by atoms with E-state index in [0.717, 1.165) is 23.5 Å². The molecular weight excluding hydrogens is 266 g/mol. The zero-order chi connectivity index (χ0) is 14.8. The normalized spacial score (nSPS) is 21.6. The van der Waals surface area contributed by atoms with Gasteiger partial charge in [0.15, 0.2) is 0 Å². The molecular formula is C16H19N3O2. The average Bonchev–Trinajstić information content (AvgIpc) is 2.89. The van der Waals surface area contributed by atoms with E-state index in [4.69, 9.17) is 0 Å². The summed E-state index contributed by atoms with van der Waals surface area (Å²) in [5.41, 5.74) is 1.06. The highest BCUT2D eigenvalue weighted by Crippen LogP contribution is 2.34. The molecule has 5 nitrogen and oxygen atoms in total. The van der Waals surface area contributed by atoms with Gasteiger partial charge in [0.1, 0.15) is 0 Å². The number of anilines is 1. The number of non-ortho nitro benzene ring substituents is 1. The number of pyridine rings is 1. The van der Waals surface area contributed by atoms with Crippen LogP contribution in [0.4, 0.5) is 11.4 Å². The summed E-state index contributed by atoms with van der Waals surface area (Å²) >= 11 is 0. The molecule has 110 valence electrons. The summed E-state index contributed by atoms with van der Waals surface area (Å²) in [4.78, 5) is 14.9. The van der Waals surface area contributed by atoms with E-state index in [1.165, 1.54) is 19.3 Å². The Labute approximate surface area is 123 Å². The molecule has 1 aliphatic carbocycles. The van der Waals surface area contributed by atoms with E-state index in [-0.39, 0.29) is 10.6 Å². The highest BCUT2D eigenvalue weighted by Gasteiger charge is 2.23. The number of aromatic nitrogens is 1. The molecule has 0 amide bonds. The minimum absolute atomic E-state index is 0.132. The fourth-order valence-corrected chi connectivity index (χ4v) is 3.25. The largest absolute Gasteiger partial charge is 0.384 e. The molecule has 1 aromatic carbocycles. The Kier molecular flexibility index (Phi) is 3.73. The van der Waals surface area contributed by atoms with Crippen molar-refractivity contribution in [2.75, 3.05) is 11.9 Å². The Morgan fingerprint density at radius 2 is 2.19 bits per heavy atom. The van der Waals surface area contributed by atoms with Crippen molar-refractivity contribution in [2.45, 2.75) is 26.2 Å². The molecule has 2 aromatic rings. The second-order valence-electron chi connectivity index (χ2n) is 5.86. The molecule has 2 unspecified atom stereocenters. The van der Waals surface area contributed by atoms with Gasteiger partial charge in [-0.1, -0.05) is 19.8 Å². The summed E-state index contributed by atoms with van der Waals surface area (Å²) in [6.45, 7) is 3.22. The quantitative estimate of drug-likeness (QED) is 0.681. The van der Waals surface area contributed by atoms with Crippen molar-refractivity contribution in [1.82, 2.24) is 4.98 Å². The van der Waals surface area contributed by atoms with E-state index in [1.54, 1.807) is 30.6 Å². The van der Waals surface area contributed by atoms with Gasteiger partial charge in [0, 0.05) is 36.1 Å². The molecule has 0 radical (unpaired) electrons. The Bertz CT molecular complexity index is 672. The van der Waals surface area contributed by atoms with Gasteiger partial charge in [-0.2, -0.15) is 0 Å². The van der Waals surface area contributed by atoms with Crippen LogP contribution in [0.5, 0.6) is 0 Å². The van der Waals surface area contributed by atoms with Gasteiger partial charge in [0.25, 0.3) is 5.69 Å². The number of hydrogen-bond acceptors (Lipinski definition) is 4. The number of benzene rings is 1.